The molecule has 67 heavy (non-hydrogen) atoms. The van der Waals surface area contributed by atoms with Crippen LogP contribution in [0.2, 0.25) is 0 Å². The number of likely N-dealkylation sites (N-methyl/N-ethyl adjacent to an activating group) is 2. The zero-order valence-electron chi connectivity index (χ0n) is 40.0. The van der Waals surface area contributed by atoms with E-state index in [4.69, 9.17) is 19.4 Å². The minimum Gasteiger partial charge on any atom is -0.464 e. The largest absolute Gasteiger partial charge is 0.464 e. The predicted molar refractivity (Wildman–Crippen MR) is 284 cm³/mol. The van der Waals surface area contributed by atoms with E-state index in [1.165, 1.54) is 21.2 Å². The molecule has 8 rings (SSSR count). The molecule has 370 valence electrons. The number of nitrogens with zero attached hydrogens (tertiary/aromatic N) is 7. The highest BCUT2D eigenvalue weighted by molar-refractivity contribution is 7.59. The molecule has 3 aromatic heterocycles. The van der Waals surface area contributed by atoms with Gasteiger partial charge in [-0.05, 0) is 88.9 Å². The molecule has 4 aromatic rings. The van der Waals surface area contributed by atoms with Crippen molar-refractivity contribution in [1.82, 2.24) is 45.0 Å². The quantitative estimate of drug-likeness (QED) is 0.198. The second-order valence-electron chi connectivity index (χ2n) is 19.0. The lowest BCUT2D eigenvalue weighted by atomic mass is 9.84. The van der Waals surface area contributed by atoms with Crippen LogP contribution >= 0.6 is 65.3 Å². The lowest BCUT2D eigenvalue weighted by Gasteiger charge is -2.45. The summed E-state index contributed by atoms with van der Waals surface area (Å²) in [4.78, 5) is 71.8. The van der Waals surface area contributed by atoms with Gasteiger partial charge in [-0.3, -0.25) is 24.4 Å². The van der Waals surface area contributed by atoms with E-state index in [-0.39, 0.29) is 97.0 Å². The van der Waals surface area contributed by atoms with Gasteiger partial charge in [0.05, 0.1) is 28.7 Å². The van der Waals surface area contributed by atoms with Crippen LogP contribution in [0.4, 0.5) is 4.79 Å². The number of benzene rings is 1. The van der Waals surface area contributed by atoms with Gasteiger partial charge in [0.25, 0.3) is 5.91 Å². The molecule has 1 aromatic carbocycles. The summed E-state index contributed by atoms with van der Waals surface area (Å²) in [5.74, 6) is -1.49. The fourth-order valence-corrected chi connectivity index (χ4v) is 10.5. The van der Waals surface area contributed by atoms with Crippen molar-refractivity contribution >= 4 is 100 Å². The summed E-state index contributed by atoms with van der Waals surface area (Å²) in [5.41, 5.74) is 9.68. The maximum absolute atomic E-state index is 14.6. The van der Waals surface area contributed by atoms with Crippen LogP contribution < -0.4 is 10.7 Å². The number of urea groups is 1. The first-order valence-electron chi connectivity index (χ1n) is 22.5. The molecule has 2 N–H and O–H groups in total. The normalized spacial score (nSPS) is 21.2. The molecule has 7 heterocycles. The van der Waals surface area contributed by atoms with Crippen LogP contribution in [0.3, 0.4) is 0 Å². The number of carbonyl (C=O) groups excluding carboxylic acids is 4. The van der Waals surface area contributed by atoms with Crippen LogP contribution in [-0.2, 0) is 43.2 Å². The first-order valence-corrected chi connectivity index (χ1v) is 23.4. The van der Waals surface area contributed by atoms with Crippen molar-refractivity contribution in [3.8, 4) is 22.5 Å². The van der Waals surface area contributed by atoms with E-state index in [0.717, 1.165) is 64.1 Å². The number of nitrogens with one attached hydrogen (secondary N) is 2. The number of aromatic nitrogens is 3. The highest BCUT2D eigenvalue weighted by Crippen LogP contribution is 2.43. The van der Waals surface area contributed by atoms with Gasteiger partial charge in [0, 0.05) is 91.3 Å². The molecule has 4 aliphatic heterocycles. The zero-order valence-corrected chi connectivity index (χ0v) is 44.8. The zero-order chi connectivity index (χ0) is 44.7. The summed E-state index contributed by atoms with van der Waals surface area (Å²) in [7, 11) is 5.63. The first-order chi connectivity index (χ1) is 30.1. The standard InChI is InChI=1S/C47H63N9O6S.4H2S/c1-9-55-37-17-16-29-21-32(37)33(42(55)31-13-10-18-48-40(31)38-15-12-20-61-38)23-47(4,5)27-62-45(59)34-14-11-19-56(51-34)44(58)35(22-39-49-36(29)26-63-39)50-43(57)41(28(2)3)53(8)46(60)54-24-30(25-54)52(6)7;;;;/h10,13,16-18,21,26,28,30,34-35,38,41,51H,9,11-12,14-15,19-20,22-25,27H2,1-8H3,(H,50,57);4*1H2/t34-,35-,38-,41-;;;;/m0..../s1. The number of rotatable bonds is 8. The van der Waals surface area contributed by atoms with Crippen molar-refractivity contribution in [2.45, 2.75) is 110 Å². The molecule has 4 atom stereocenters. The number of hydrogen-bond donors (Lipinski definition) is 2. The summed E-state index contributed by atoms with van der Waals surface area (Å²) in [6, 6.07) is 8.02. The molecule has 15 nitrogen and oxygen atoms in total. The maximum atomic E-state index is 14.6. The Morgan fingerprint density at radius 1 is 1.04 bits per heavy atom. The van der Waals surface area contributed by atoms with Gasteiger partial charge < -0.3 is 34.1 Å². The molecule has 0 unspecified atom stereocenters. The minimum atomic E-state index is -1.03. The Labute approximate surface area is 427 Å². The van der Waals surface area contributed by atoms with E-state index in [1.54, 1.807) is 11.9 Å². The summed E-state index contributed by atoms with van der Waals surface area (Å²) in [6.07, 6.45) is 5.45. The fourth-order valence-electron chi connectivity index (χ4n) is 9.64. The summed E-state index contributed by atoms with van der Waals surface area (Å²) in [6.45, 7) is 13.3. The van der Waals surface area contributed by atoms with Crippen LogP contribution in [0.25, 0.3) is 33.4 Å². The minimum absolute atomic E-state index is 0. The van der Waals surface area contributed by atoms with Gasteiger partial charge in [-0.1, -0.05) is 33.8 Å². The number of thiazole rings is 1. The third-order valence-electron chi connectivity index (χ3n) is 13.1. The first kappa shape index (κ1) is 56.1. The van der Waals surface area contributed by atoms with Gasteiger partial charge in [0.2, 0.25) is 5.91 Å². The van der Waals surface area contributed by atoms with Gasteiger partial charge in [-0.2, -0.15) is 54.0 Å². The third-order valence-corrected chi connectivity index (χ3v) is 14.0. The number of cyclic esters (lactones) is 1. The molecule has 4 aliphatic rings. The molecule has 20 heteroatoms. The number of amides is 4. The van der Waals surface area contributed by atoms with Crippen molar-refractivity contribution < 1.29 is 28.7 Å². The van der Waals surface area contributed by atoms with Crippen molar-refractivity contribution in [2.75, 3.05) is 54.0 Å². The Balaban J connectivity index is 0.00000245. The van der Waals surface area contributed by atoms with Gasteiger partial charge in [0.1, 0.15) is 24.2 Å². The van der Waals surface area contributed by atoms with Crippen LogP contribution in [0, 0.1) is 11.3 Å². The van der Waals surface area contributed by atoms with Gasteiger partial charge >= 0.3 is 12.0 Å². The number of aryl methyl sites for hydroxylation is 1. The van der Waals surface area contributed by atoms with Crippen molar-refractivity contribution in [2.24, 2.45) is 11.3 Å². The number of fused-ring (bicyclic) bond motifs is 6. The number of pyridine rings is 1. The van der Waals surface area contributed by atoms with Gasteiger partial charge in [-0.25, -0.2) is 15.2 Å². The van der Waals surface area contributed by atoms with Gasteiger partial charge in [-0.15, -0.1) is 11.3 Å². The summed E-state index contributed by atoms with van der Waals surface area (Å²) < 4.78 is 14.7. The Morgan fingerprint density at radius 3 is 2.46 bits per heavy atom. The Bertz CT molecular complexity index is 2360. The topological polar surface area (TPSA) is 154 Å². The average Bonchev–Trinajstić information content (AvgIpc) is 4.01. The van der Waals surface area contributed by atoms with Gasteiger partial charge in [0.15, 0.2) is 0 Å². The lowest BCUT2D eigenvalue weighted by Crippen LogP contribution is -2.65. The summed E-state index contributed by atoms with van der Waals surface area (Å²) in [5, 5.41) is 8.26. The van der Waals surface area contributed by atoms with E-state index < -0.39 is 35.4 Å². The van der Waals surface area contributed by atoms with Crippen molar-refractivity contribution in [1.29, 1.82) is 0 Å². The molecule has 3 saturated heterocycles. The van der Waals surface area contributed by atoms with Crippen LogP contribution in [-0.4, -0.2) is 136 Å². The predicted octanol–water partition coefficient (Wildman–Crippen LogP) is 6.12. The molecule has 3 fully saturated rings. The second kappa shape index (κ2) is 23.4. The second-order valence-corrected chi connectivity index (χ2v) is 19.9. The third kappa shape index (κ3) is 11.8. The molecule has 0 radical (unpaired) electrons. The lowest BCUT2D eigenvalue weighted by molar-refractivity contribution is -0.155. The highest BCUT2D eigenvalue weighted by atomic mass is 32.1. The molecule has 4 amide bonds. The highest BCUT2D eigenvalue weighted by Gasteiger charge is 2.41. The fraction of sp³-hybridized carbons (Fsp3) is 0.574. The average molecular weight is 1020 g/mol. The van der Waals surface area contributed by atoms with Crippen molar-refractivity contribution in [3.05, 3.63) is 58.2 Å². The molecule has 0 aliphatic carbocycles. The summed E-state index contributed by atoms with van der Waals surface area (Å²) >= 11 is 1.44. The molecule has 6 bridgehead atoms. The SMILES string of the molecule is CCn1c(-c2cccnc2[C@@H]2CCCO2)c2c3cc(ccc31)-c1csc(n1)C[C@H](NC(=O)[C@H](C(C)C)N(C)C(=O)N1CC(N(C)C)C1)C(=O)N1CCC[C@H](N1)C(=O)OCC(C)(C)C2.S.S.S.S. The van der Waals surface area contributed by atoms with Crippen LogP contribution in [0.1, 0.15) is 82.7 Å². The molecular weight excluding hydrogens is 947 g/mol. The van der Waals surface area contributed by atoms with Crippen LogP contribution in [0.15, 0.2) is 41.9 Å². The van der Waals surface area contributed by atoms with Crippen LogP contribution in [0.5, 0.6) is 0 Å². The number of carbonyl (C=O) groups is 4. The van der Waals surface area contributed by atoms with E-state index in [2.05, 4.69) is 65.2 Å². The number of ether oxygens (including phenoxy) is 2. The van der Waals surface area contributed by atoms with Crippen molar-refractivity contribution in [3.63, 3.8) is 0 Å². The van der Waals surface area contributed by atoms with E-state index >= 15 is 0 Å². The molecular formula is C47H71N9O6S5. The molecule has 0 saturated carbocycles. The Morgan fingerprint density at radius 2 is 1.79 bits per heavy atom. The monoisotopic (exact) mass is 1020 g/mol. The van der Waals surface area contributed by atoms with E-state index in [1.807, 2.05) is 45.6 Å². The number of likely N-dealkylation sites (tertiary alicyclic amines) is 1. The number of hydrogen-bond acceptors (Lipinski definition) is 11. The maximum Gasteiger partial charge on any atom is 0.324 e. The smallest absolute Gasteiger partial charge is 0.324 e. The Hall–Kier alpha value is -3.50. The molecule has 0 spiro atoms. The number of esters is 1. The van der Waals surface area contributed by atoms with E-state index in [9.17, 15) is 19.2 Å². The number of hydrazine groups is 1. The Kier molecular flexibility index (Phi) is 19.6. The van der Waals surface area contributed by atoms with E-state index in [0.29, 0.717) is 50.5 Å².